The second kappa shape index (κ2) is 7.75. The van der Waals surface area contributed by atoms with Crippen LogP contribution in [0.5, 0.6) is 0 Å². The Kier molecular flexibility index (Phi) is 6.19. The number of sulfonamides is 1. The van der Waals surface area contributed by atoms with Gasteiger partial charge in [-0.25, -0.2) is 13.1 Å². The Morgan fingerprint density at radius 3 is 2.35 bits per heavy atom. The minimum absolute atomic E-state index is 0.120. The van der Waals surface area contributed by atoms with Crippen LogP contribution in [-0.2, 0) is 14.8 Å². The molecule has 0 aliphatic carbocycles. The van der Waals surface area contributed by atoms with Gasteiger partial charge in [0.25, 0.3) is 0 Å². The van der Waals surface area contributed by atoms with Crippen molar-refractivity contribution in [2.45, 2.75) is 37.5 Å². The lowest BCUT2D eigenvalue weighted by molar-refractivity contribution is 0.0577. The van der Waals surface area contributed by atoms with E-state index in [1.54, 1.807) is 19.2 Å². The normalized spacial score (nSPS) is 18.3. The van der Waals surface area contributed by atoms with Gasteiger partial charge in [-0.1, -0.05) is 26.0 Å². The van der Waals surface area contributed by atoms with Gasteiger partial charge in [-0.3, -0.25) is 0 Å². The average molecular weight is 340 g/mol. The Morgan fingerprint density at radius 2 is 1.83 bits per heavy atom. The minimum Gasteiger partial charge on any atom is -0.384 e. The molecule has 0 radical (unpaired) electrons. The summed E-state index contributed by atoms with van der Waals surface area (Å²) in [6.45, 7) is 6.96. The van der Waals surface area contributed by atoms with E-state index >= 15 is 0 Å². The molecule has 2 N–H and O–H groups in total. The molecule has 0 amide bonds. The lowest BCUT2D eigenvalue weighted by Crippen LogP contribution is -2.47. The first kappa shape index (κ1) is 18.4. The molecular formula is C17H28N2O3S. The second-order valence-corrected chi connectivity index (χ2v) is 8.50. The zero-order valence-corrected chi connectivity index (χ0v) is 15.1. The Morgan fingerprint density at radius 1 is 1.22 bits per heavy atom. The standard InChI is InChI=1S/C17H28N2O3S/c1-14(2)15-4-6-16(7-5-15)23(20,21)19-12-17(13-22-3)8-10-18-11-9-17/h4-7,14,18-19H,8-13H2,1-3H3. The third-order valence-corrected chi connectivity index (χ3v) is 6.03. The first-order valence-corrected chi connectivity index (χ1v) is 9.66. The molecule has 0 atom stereocenters. The van der Waals surface area contributed by atoms with E-state index in [4.69, 9.17) is 4.74 Å². The van der Waals surface area contributed by atoms with Gasteiger partial charge in [0, 0.05) is 19.1 Å². The topological polar surface area (TPSA) is 67.4 Å². The van der Waals surface area contributed by atoms with Crippen molar-refractivity contribution in [3.05, 3.63) is 29.8 Å². The molecule has 6 heteroatoms. The molecule has 5 nitrogen and oxygen atoms in total. The van der Waals surface area contributed by atoms with Crippen molar-refractivity contribution in [2.24, 2.45) is 5.41 Å². The highest BCUT2D eigenvalue weighted by atomic mass is 32.2. The Hall–Kier alpha value is -0.950. The SMILES string of the molecule is COCC1(CNS(=O)(=O)c2ccc(C(C)C)cc2)CCNCC1. The first-order valence-electron chi connectivity index (χ1n) is 8.18. The maximum Gasteiger partial charge on any atom is 0.240 e. The summed E-state index contributed by atoms with van der Waals surface area (Å²) in [6, 6.07) is 7.13. The monoisotopic (exact) mass is 340 g/mol. The van der Waals surface area contributed by atoms with Gasteiger partial charge < -0.3 is 10.1 Å². The van der Waals surface area contributed by atoms with E-state index in [0.29, 0.717) is 24.0 Å². The smallest absolute Gasteiger partial charge is 0.240 e. The molecule has 2 rings (SSSR count). The fraction of sp³-hybridized carbons (Fsp3) is 0.647. The Balaban J connectivity index is 2.07. The molecule has 0 saturated carbocycles. The number of hydrogen-bond donors (Lipinski definition) is 2. The highest BCUT2D eigenvalue weighted by molar-refractivity contribution is 7.89. The van der Waals surface area contributed by atoms with Crippen LogP contribution in [0.25, 0.3) is 0 Å². The molecule has 1 heterocycles. The van der Waals surface area contributed by atoms with Crippen LogP contribution in [0.3, 0.4) is 0 Å². The summed E-state index contributed by atoms with van der Waals surface area (Å²) < 4.78 is 33.2. The molecule has 1 aliphatic heterocycles. The van der Waals surface area contributed by atoms with Crippen molar-refractivity contribution >= 4 is 10.0 Å². The zero-order chi connectivity index (χ0) is 16.9. The van der Waals surface area contributed by atoms with Gasteiger partial charge >= 0.3 is 0 Å². The highest BCUT2D eigenvalue weighted by Gasteiger charge is 2.33. The summed E-state index contributed by atoms with van der Waals surface area (Å²) in [7, 11) is -1.81. The molecule has 0 unspecified atom stereocenters. The van der Waals surface area contributed by atoms with Crippen LogP contribution in [-0.4, -0.2) is 41.8 Å². The number of benzene rings is 1. The van der Waals surface area contributed by atoms with Crippen LogP contribution >= 0.6 is 0 Å². The molecule has 1 aromatic rings. The predicted molar refractivity (Wildman–Crippen MR) is 92.1 cm³/mol. The fourth-order valence-corrected chi connectivity index (χ4v) is 4.16. The molecule has 1 aromatic carbocycles. The molecule has 130 valence electrons. The molecular weight excluding hydrogens is 312 g/mol. The van der Waals surface area contributed by atoms with Crippen LogP contribution in [0.15, 0.2) is 29.2 Å². The minimum atomic E-state index is -3.48. The van der Waals surface area contributed by atoms with Crippen molar-refractivity contribution in [1.82, 2.24) is 10.0 Å². The van der Waals surface area contributed by atoms with Gasteiger partial charge in [-0.15, -0.1) is 0 Å². The van der Waals surface area contributed by atoms with E-state index in [2.05, 4.69) is 23.9 Å². The van der Waals surface area contributed by atoms with Crippen LogP contribution < -0.4 is 10.0 Å². The summed E-state index contributed by atoms with van der Waals surface area (Å²) in [5.41, 5.74) is 1.02. The summed E-state index contributed by atoms with van der Waals surface area (Å²) in [5.74, 6) is 0.388. The number of ether oxygens (including phenoxy) is 1. The predicted octanol–water partition coefficient (Wildman–Crippen LogP) is 2.10. The Labute approximate surface area is 139 Å². The lowest BCUT2D eigenvalue weighted by atomic mass is 9.80. The van der Waals surface area contributed by atoms with Gasteiger partial charge in [0.2, 0.25) is 10.0 Å². The van der Waals surface area contributed by atoms with Gasteiger partial charge in [0.1, 0.15) is 0 Å². The van der Waals surface area contributed by atoms with Gasteiger partial charge in [0.15, 0.2) is 0 Å². The third-order valence-electron chi connectivity index (χ3n) is 4.61. The maximum absolute atomic E-state index is 12.5. The number of piperidine rings is 1. The van der Waals surface area contributed by atoms with Crippen LogP contribution in [0.1, 0.15) is 38.2 Å². The molecule has 23 heavy (non-hydrogen) atoms. The van der Waals surface area contributed by atoms with Crippen LogP contribution in [0, 0.1) is 5.41 Å². The molecule has 0 bridgehead atoms. The summed E-state index contributed by atoms with van der Waals surface area (Å²) >= 11 is 0. The molecule has 1 aliphatic rings. The van der Waals surface area contributed by atoms with Crippen LogP contribution in [0.4, 0.5) is 0 Å². The maximum atomic E-state index is 12.5. The van der Waals surface area contributed by atoms with Crippen molar-refractivity contribution in [3.8, 4) is 0 Å². The van der Waals surface area contributed by atoms with E-state index in [0.717, 1.165) is 31.5 Å². The van der Waals surface area contributed by atoms with E-state index in [-0.39, 0.29) is 5.41 Å². The van der Waals surface area contributed by atoms with Gasteiger partial charge in [-0.2, -0.15) is 0 Å². The van der Waals surface area contributed by atoms with E-state index in [1.807, 2.05) is 12.1 Å². The van der Waals surface area contributed by atoms with Crippen molar-refractivity contribution in [1.29, 1.82) is 0 Å². The summed E-state index contributed by atoms with van der Waals surface area (Å²) in [6.07, 6.45) is 1.82. The summed E-state index contributed by atoms with van der Waals surface area (Å²) in [5, 5.41) is 3.31. The quantitative estimate of drug-likeness (QED) is 0.798. The van der Waals surface area contributed by atoms with E-state index in [1.165, 1.54) is 0 Å². The van der Waals surface area contributed by atoms with Crippen molar-refractivity contribution < 1.29 is 13.2 Å². The Bertz CT molecular complexity index is 585. The molecule has 0 spiro atoms. The number of hydrogen-bond acceptors (Lipinski definition) is 4. The largest absolute Gasteiger partial charge is 0.384 e. The molecule has 0 aromatic heterocycles. The average Bonchev–Trinajstić information content (AvgIpc) is 2.54. The zero-order valence-electron chi connectivity index (χ0n) is 14.3. The highest BCUT2D eigenvalue weighted by Crippen LogP contribution is 2.29. The number of nitrogens with one attached hydrogen (secondary N) is 2. The summed E-state index contributed by atoms with van der Waals surface area (Å²) in [4.78, 5) is 0.323. The third kappa shape index (κ3) is 4.76. The lowest BCUT2D eigenvalue weighted by Gasteiger charge is -2.37. The van der Waals surface area contributed by atoms with E-state index in [9.17, 15) is 8.42 Å². The number of rotatable bonds is 7. The first-order chi connectivity index (χ1) is 10.9. The second-order valence-electron chi connectivity index (χ2n) is 6.73. The van der Waals surface area contributed by atoms with Gasteiger partial charge in [-0.05, 0) is 49.5 Å². The van der Waals surface area contributed by atoms with Gasteiger partial charge in [0.05, 0.1) is 11.5 Å². The fourth-order valence-electron chi connectivity index (χ4n) is 3.00. The van der Waals surface area contributed by atoms with Crippen LogP contribution in [0.2, 0.25) is 0 Å². The molecule has 1 saturated heterocycles. The van der Waals surface area contributed by atoms with Crippen molar-refractivity contribution in [3.63, 3.8) is 0 Å². The number of methoxy groups -OCH3 is 1. The molecule has 1 fully saturated rings. The van der Waals surface area contributed by atoms with E-state index < -0.39 is 10.0 Å². The van der Waals surface area contributed by atoms with Crippen molar-refractivity contribution in [2.75, 3.05) is 33.4 Å².